The van der Waals surface area contributed by atoms with Crippen LogP contribution in [0.5, 0.6) is 0 Å². The van der Waals surface area contributed by atoms with Crippen LogP contribution in [0, 0.1) is 0 Å². The van der Waals surface area contributed by atoms with E-state index in [0.29, 0.717) is 0 Å². The fraction of sp³-hybridized carbons (Fsp3) is 0.500. The first-order valence-electron chi connectivity index (χ1n) is 3.36. The SMILES string of the molecule is C1CCNC1.C=CC=C.[H-].[Li+]. The van der Waals surface area contributed by atoms with E-state index in [0.717, 1.165) is 0 Å². The minimum Gasteiger partial charge on any atom is -1.00 e. The third-order valence-electron chi connectivity index (χ3n) is 1.12. The smallest absolute Gasteiger partial charge is 1.00 e. The van der Waals surface area contributed by atoms with Crippen molar-refractivity contribution in [3.8, 4) is 0 Å². The Balaban J connectivity index is -0.000000101. The average Bonchev–Trinajstić information content (AvgIpc) is 2.43. The van der Waals surface area contributed by atoms with E-state index in [-0.39, 0.29) is 20.3 Å². The van der Waals surface area contributed by atoms with Gasteiger partial charge in [-0.15, -0.1) is 0 Å². The van der Waals surface area contributed by atoms with Gasteiger partial charge in [0.1, 0.15) is 0 Å². The molecule has 0 bridgehead atoms. The van der Waals surface area contributed by atoms with Gasteiger partial charge in [-0.05, 0) is 25.9 Å². The van der Waals surface area contributed by atoms with Crippen molar-refractivity contribution in [3.63, 3.8) is 0 Å². The fourth-order valence-electron chi connectivity index (χ4n) is 0.625. The normalized spacial score (nSPS) is 14.0. The van der Waals surface area contributed by atoms with Crippen LogP contribution in [0.2, 0.25) is 0 Å². The van der Waals surface area contributed by atoms with Crippen LogP contribution in [-0.2, 0) is 0 Å². The molecule has 0 aromatic heterocycles. The first-order chi connectivity index (χ1) is 4.41. The summed E-state index contributed by atoms with van der Waals surface area (Å²) in [4.78, 5) is 0. The molecule has 0 aliphatic carbocycles. The van der Waals surface area contributed by atoms with Gasteiger partial charge in [-0.25, -0.2) is 0 Å². The standard InChI is InChI=1S/C4H9N.C4H6.Li.H/c1-2-4-5-3-1;1-3-4-2;;/h5H,1-4H2;3-4H,1-2H2;;/q;;+1;-1. The molecule has 1 heterocycles. The molecule has 0 atom stereocenters. The number of hydrogen-bond donors (Lipinski definition) is 1. The molecular formula is C8H16LiN. The summed E-state index contributed by atoms with van der Waals surface area (Å²) < 4.78 is 0. The minimum atomic E-state index is 0. The summed E-state index contributed by atoms with van der Waals surface area (Å²) in [5, 5.41) is 3.22. The fourth-order valence-corrected chi connectivity index (χ4v) is 0.625. The Morgan fingerprint density at radius 2 is 1.50 bits per heavy atom. The van der Waals surface area contributed by atoms with Crippen LogP contribution in [0.15, 0.2) is 25.3 Å². The topological polar surface area (TPSA) is 12.0 Å². The maximum atomic E-state index is 3.36. The summed E-state index contributed by atoms with van der Waals surface area (Å²) >= 11 is 0. The number of allylic oxidation sites excluding steroid dienone is 2. The molecule has 0 unspecified atom stereocenters. The third kappa shape index (κ3) is 10.9. The molecule has 0 saturated carbocycles. The zero-order valence-corrected chi connectivity index (χ0v) is 6.90. The van der Waals surface area contributed by atoms with Gasteiger partial charge < -0.3 is 6.74 Å². The third-order valence-corrected chi connectivity index (χ3v) is 1.12. The van der Waals surface area contributed by atoms with E-state index in [1.165, 1.54) is 25.9 Å². The van der Waals surface area contributed by atoms with Gasteiger partial charge in [0.15, 0.2) is 0 Å². The van der Waals surface area contributed by atoms with Crippen molar-refractivity contribution in [2.45, 2.75) is 12.8 Å². The molecule has 0 aromatic carbocycles. The monoisotopic (exact) mass is 133 g/mol. The van der Waals surface area contributed by atoms with E-state index in [1.54, 1.807) is 12.2 Å². The van der Waals surface area contributed by atoms with Crippen LogP contribution in [0.1, 0.15) is 14.3 Å². The van der Waals surface area contributed by atoms with E-state index in [9.17, 15) is 0 Å². The van der Waals surface area contributed by atoms with Gasteiger partial charge in [-0.3, -0.25) is 0 Å². The second-order valence-electron chi connectivity index (χ2n) is 1.93. The van der Waals surface area contributed by atoms with Crippen LogP contribution < -0.4 is 24.2 Å². The maximum absolute atomic E-state index is 3.36. The van der Waals surface area contributed by atoms with Crippen LogP contribution in [0.25, 0.3) is 0 Å². The van der Waals surface area contributed by atoms with E-state index >= 15 is 0 Å². The molecule has 10 heavy (non-hydrogen) atoms. The van der Waals surface area contributed by atoms with Gasteiger partial charge in [-0.2, -0.15) is 0 Å². The van der Waals surface area contributed by atoms with Gasteiger partial charge >= 0.3 is 18.9 Å². The quantitative estimate of drug-likeness (QED) is 0.351. The molecule has 1 fully saturated rings. The molecule has 0 aromatic rings. The van der Waals surface area contributed by atoms with E-state index in [1.807, 2.05) is 0 Å². The molecule has 0 radical (unpaired) electrons. The Labute approximate surface area is 77.2 Å². The summed E-state index contributed by atoms with van der Waals surface area (Å²) in [6.45, 7) is 9.22. The minimum absolute atomic E-state index is 0. The second-order valence-corrected chi connectivity index (χ2v) is 1.93. The van der Waals surface area contributed by atoms with Crippen LogP contribution in [0.4, 0.5) is 0 Å². The maximum Gasteiger partial charge on any atom is 1.00 e. The number of hydrogen-bond acceptors (Lipinski definition) is 1. The first-order valence-corrected chi connectivity index (χ1v) is 3.36. The molecule has 1 saturated heterocycles. The Hall–Kier alpha value is 0.0374. The van der Waals surface area contributed by atoms with Crippen molar-refractivity contribution in [2.75, 3.05) is 13.1 Å². The van der Waals surface area contributed by atoms with Gasteiger partial charge in [0.2, 0.25) is 0 Å². The van der Waals surface area contributed by atoms with Crippen LogP contribution in [-0.4, -0.2) is 13.1 Å². The summed E-state index contributed by atoms with van der Waals surface area (Å²) in [6, 6.07) is 0. The molecular weight excluding hydrogens is 117 g/mol. The van der Waals surface area contributed by atoms with Gasteiger partial charge in [-0.1, -0.05) is 25.3 Å². The summed E-state index contributed by atoms with van der Waals surface area (Å²) in [5.41, 5.74) is 0. The Morgan fingerprint density at radius 3 is 1.60 bits per heavy atom. The molecule has 54 valence electrons. The molecule has 1 N–H and O–H groups in total. The predicted octanol–water partition coefficient (Wildman–Crippen LogP) is -1.16. The van der Waals surface area contributed by atoms with Crippen molar-refractivity contribution in [1.82, 2.24) is 5.32 Å². The summed E-state index contributed by atoms with van der Waals surface area (Å²) in [7, 11) is 0. The zero-order valence-electron chi connectivity index (χ0n) is 7.90. The summed E-state index contributed by atoms with van der Waals surface area (Å²) in [6.07, 6.45) is 6.06. The first kappa shape index (κ1) is 12.7. The molecule has 2 heteroatoms. The number of nitrogens with one attached hydrogen (secondary N) is 1. The molecule has 1 rings (SSSR count). The van der Waals surface area contributed by atoms with Crippen molar-refractivity contribution >= 4 is 0 Å². The Bertz CT molecular complexity index is 68.6. The van der Waals surface area contributed by atoms with Crippen molar-refractivity contribution < 1.29 is 20.3 Å². The van der Waals surface area contributed by atoms with E-state index < -0.39 is 0 Å². The Kier molecular flexibility index (Phi) is 15.0. The molecule has 0 amide bonds. The average molecular weight is 133 g/mol. The van der Waals surface area contributed by atoms with Gasteiger partial charge in [0.25, 0.3) is 0 Å². The van der Waals surface area contributed by atoms with Crippen LogP contribution >= 0.6 is 0 Å². The Morgan fingerprint density at radius 1 is 1.10 bits per heavy atom. The van der Waals surface area contributed by atoms with E-state index in [4.69, 9.17) is 0 Å². The van der Waals surface area contributed by atoms with Crippen molar-refractivity contribution in [3.05, 3.63) is 25.3 Å². The number of rotatable bonds is 1. The van der Waals surface area contributed by atoms with Gasteiger partial charge in [0.05, 0.1) is 0 Å². The molecule has 1 aliphatic heterocycles. The van der Waals surface area contributed by atoms with E-state index in [2.05, 4.69) is 18.5 Å². The molecule has 1 nitrogen and oxygen atoms in total. The second kappa shape index (κ2) is 11.8. The summed E-state index contributed by atoms with van der Waals surface area (Å²) in [5.74, 6) is 0. The molecule has 0 spiro atoms. The van der Waals surface area contributed by atoms with Crippen LogP contribution in [0.3, 0.4) is 0 Å². The molecule has 1 aliphatic rings. The van der Waals surface area contributed by atoms with Crippen molar-refractivity contribution in [2.24, 2.45) is 0 Å². The van der Waals surface area contributed by atoms with Gasteiger partial charge in [0, 0.05) is 0 Å². The zero-order chi connectivity index (χ0) is 6.95. The van der Waals surface area contributed by atoms with Crippen molar-refractivity contribution in [1.29, 1.82) is 0 Å². The predicted molar refractivity (Wildman–Crippen MR) is 43.6 cm³/mol. The largest absolute Gasteiger partial charge is 1.00 e.